The molecule has 10 heteroatoms. The third-order valence-electron chi connectivity index (χ3n) is 4.52. The molecule has 8 nitrogen and oxygen atoms in total. The van der Waals surface area contributed by atoms with E-state index in [9.17, 15) is 14.4 Å². The molecule has 0 bridgehead atoms. The number of benzene rings is 3. The van der Waals surface area contributed by atoms with Gasteiger partial charge in [-0.15, -0.1) is 0 Å². The number of hydrogen-bond donors (Lipinski definition) is 2. The van der Waals surface area contributed by atoms with E-state index in [0.29, 0.717) is 16.1 Å². The van der Waals surface area contributed by atoms with Gasteiger partial charge in [0.1, 0.15) is 0 Å². The molecule has 0 atom stereocenters. The molecule has 0 heterocycles. The summed E-state index contributed by atoms with van der Waals surface area (Å²) in [7, 11) is 1.43. The molecule has 3 rings (SSSR count). The second-order valence-electron chi connectivity index (χ2n) is 6.89. The number of amides is 2. The van der Waals surface area contributed by atoms with Crippen LogP contribution in [0.25, 0.3) is 0 Å². The summed E-state index contributed by atoms with van der Waals surface area (Å²) in [4.78, 5) is 36.5. The van der Waals surface area contributed by atoms with E-state index >= 15 is 0 Å². The van der Waals surface area contributed by atoms with E-state index in [-0.39, 0.29) is 22.2 Å². The van der Waals surface area contributed by atoms with Crippen molar-refractivity contribution in [1.29, 1.82) is 0 Å². The van der Waals surface area contributed by atoms with E-state index in [0.717, 1.165) is 5.56 Å². The predicted molar refractivity (Wildman–Crippen MR) is 130 cm³/mol. The molecule has 2 N–H and O–H groups in total. The van der Waals surface area contributed by atoms with Crippen LogP contribution in [0.5, 0.6) is 11.5 Å². The molecule has 3 aromatic carbocycles. The maximum absolute atomic E-state index is 12.5. The van der Waals surface area contributed by atoms with Gasteiger partial charge in [-0.25, -0.2) is 10.2 Å². The predicted octanol–water partition coefficient (Wildman–Crippen LogP) is 4.62. The van der Waals surface area contributed by atoms with Crippen LogP contribution in [0.4, 0.5) is 5.69 Å². The number of rotatable bonds is 6. The van der Waals surface area contributed by atoms with E-state index in [2.05, 4.69) is 15.8 Å². The number of hydrogen-bond acceptors (Lipinski definition) is 6. The highest BCUT2D eigenvalue weighted by molar-refractivity contribution is 6.42. The van der Waals surface area contributed by atoms with Crippen molar-refractivity contribution in [1.82, 2.24) is 5.43 Å². The number of carbonyl (C=O) groups excluding carboxylic acids is 3. The van der Waals surface area contributed by atoms with Crippen molar-refractivity contribution in [2.24, 2.45) is 5.10 Å². The van der Waals surface area contributed by atoms with Gasteiger partial charge >= 0.3 is 17.8 Å². The fourth-order valence-corrected chi connectivity index (χ4v) is 3.13. The largest absolute Gasteiger partial charge is 0.493 e. The molecule has 0 saturated carbocycles. The average molecular weight is 500 g/mol. The van der Waals surface area contributed by atoms with Crippen molar-refractivity contribution in [2.75, 3.05) is 12.4 Å². The van der Waals surface area contributed by atoms with Gasteiger partial charge < -0.3 is 14.8 Å². The Morgan fingerprint density at radius 3 is 2.44 bits per heavy atom. The lowest BCUT2D eigenvalue weighted by Gasteiger charge is -2.11. The molecule has 0 radical (unpaired) electrons. The maximum atomic E-state index is 12.5. The zero-order valence-electron chi connectivity index (χ0n) is 18.1. The number of nitrogens with one attached hydrogen (secondary N) is 2. The highest BCUT2D eigenvalue weighted by Gasteiger charge is 2.16. The monoisotopic (exact) mass is 499 g/mol. The summed E-state index contributed by atoms with van der Waals surface area (Å²) in [5.74, 6) is -2.00. The molecule has 2 amide bonds. The number of ether oxygens (including phenoxy) is 2. The van der Waals surface area contributed by atoms with Crippen LogP contribution in [0, 0.1) is 6.92 Å². The number of carbonyl (C=O) groups is 3. The van der Waals surface area contributed by atoms with Crippen LogP contribution in [0.2, 0.25) is 10.0 Å². The smallest absolute Gasteiger partial charge is 0.343 e. The van der Waals surface area contributed by atoms with E-state index in [4.69, 9.17) is 32.7 Å². The Kier molecular flexibility index (Phi) is 8.24. The molecule has 174 valence electrons. The highest BCUT2D eigenvalue weighted by Crippen LogP contribution is 2.29. The van der Waals surface area contributed by atoms with Crippen LogP contribution < -0.4 is 20.2 Å². The van der Waals surface area contributed by atoms with Gasteiger partial charge in [0.15, 0.2) is 11.5 Å². The topological polar surface area (TPSA) is 106 Å². The van der Waals surface area contributed by atoms with Crippen molar-refractivity contribution in [3.63, 3.8) is 0 Å². The lowest BCUT2D eigenvalue weighted by Crippen LogP contribution is -2.32. The summed E-state index contributed by atoms with van der Waals surface area (Å²) in [6.07, 6.45) is 1.30. The Hall–Kier alpha value is -3.88. The van der Waals surface area contributed by atoms with Crippen LogP contribution in [0.3, 0.4) is 0 Å². The van der Waals surface area contributed by atoms with Gasteiger partial charge in [-0.2, -0.15) is 5.10 Å². The first-order valence-electron chi connectivity index (χ1n) is 9.83. The molecular weight excluding hydrogens is 481 g/mol. The molecule has 0 saturated heterocycles. The fourth-order valence-electron chi connectivity index (χ4n) is 2.79. The molecule has 0 aliphatic carbocycles. The number of nitrogens with zero attached hydrogens (tertiary/aromatic N) is 1. The van der Waals surface area contributed by atoms with Crippen LogP contribution in [-0.2, 0) is 9.59 Å². The summed E-state index contributed by atoms with van der Waals surface area (Å²) in [6.45, 7) is 1.81. The Bertz CT molecular complexity index is 1280. The number of hydrazone groups is 1. The van der Waals surface area contributed by atoms with Gasteiger partial charge in [0, 0.05) is 5.02 Å². The first-order valence-corrected chi connectivity index (χ1v) is 10.6. The van der Waals surface area contributed by atoms with E-state index in [1.54, 1.807) is 30.3 Å². The van der Waals surface area contributed by atoms with Crippen LogP contribution in [-0.4, -0.2) is 31.1 Å². The second-order valence-corrected chi connectivity index (χ2v) is 7.74. The molecule has 0 aliphatic rings. The quantitative estimate of drug-likeness (QED) is 0.169. The summed E-state index contributed by atoms with van der Waals surface area (Å²) in [5.41, 5.74) is 4.05. The normalized spacial score (nSPS) is 10.6. The van der Waals surface area contributed by atoms with Gasteiger partial charge in [-0.3, -0.25) is 9.59 Å². The highest BCUT2D eigenvalue weighted by atomic mass is 35.5. The summed E-state index contributed by atoms with van der Waals surface area (Å²) < 4.78 is 10.7. The van der Waals surface area contributed by atoms with Crippen molar-refractivity contribution in [3.8, 4) is 11.5 Å². The summed E-state index contributed by atoms with van der Waals surface area (Å²) >= 11 is 11.8. The van der Waals surface area contributed by atoms with E-state index < -0.39 is 17.8 Å². The van der Waals surface area contributed by atoms with E-state index in [1.165, 1.54) is 31.5 Å². The van der Waals surface area contributed by atoms with Gasteiger partial charge in [0.05, 0.1) is 29.6 Å². The number of anilines is 1. The van der Waals surface area contributed by atoms with Crippen molar-refractivity contribution in [2.45, 2.75) is 6.92 Å². The van der Waals surface area contributed by atoms with Crippen LogP contribution >= 0.6 is 23.2 Å². The maximum Gasteiger partial charge on any atom is 0.343 e. The van der Waals surface area contributed by atoms with Gasteiger partial charge in [-0.1, -0.05) is 41.4 Å². The standard InChI is InChI=1S/C24H19Cl2N3O5/c1-14-5-3-4-6-17(14)24(32)34-20-10-7-15(11-21(20)33-2)13-27-29-23(31)22(30)28-19-12-16(25)8-9-18(19)26/h3-13H,1-2H3,(H,28,30)(H,29,31)/b27-13+. The van der Waals surface area contributed by atoms with E-state index in [1.807, 2.05) is 19.1 Å². The molecule has 0 aliphatic heterocycles. The summed E-state index contributed by atoms with van der Waals surface area (Å²) in [5, 5.41) is 6.69. The number of halogens is 2. The second kappa shape index (κ2) is 11.3. The molecule has 0 unspecified atom stereocenters. The SMILES string of the molecule is COc1cc(/C=N/NC(=O)C(=O)Nc2cc(Cl)ccc2Cl)ccc1OC(=O)c1ccccc1C. The Balaban J connectivity index is 1.63. The number of esters is 1. The third kappa shape index (κ3) is 6.34. The molecule has 34 heavy (non-hydrogen) atoms. The molecule has 3 aromatic rings. The molecule has 0 spiro atoms. The first-order chi connectivity index (χ1) is 16.3. The zero-order chi connectivity index (χ0) is 24.7. The average Bonchev–Trinajstić information content (AvgIpc) is 2.82. The minimum absolute atomic E-state index is 0.193. The van der Waals surface area contributed by atoms with Crippen LogP contribution in [0.1, 0.15) is 21.5 Å². The molecule has 0 aromatic heterocycles. The molecular formula is C24H19Cl2N3O5. The van der Waals surface area contributed by atoms with Gasteiger partial charge in [0.25, 0.3) is 0 Å². The number of methoxy groups -OCH3 is 1. The first kappa shape index (κ1) is 24.8. The van der Waals surface area contributed by atoms with Crippen molar-refractivity contribution in [3.05, 3.63) is 87.4 Å². The van der Waals surface area contributed by atoms with Gasteiger partial charge in [0.2, 0.25) is 0 Å². The fraction of sp³-hybridized carbons (Fsp3) is 0.0833. The number of aryl methyl sites for hydroxylation is 1. The Morgan fingerprint density at radius 1 is 0.941 bits per heavy atom. The third-order valence-corrected chi connectivity index (χ3v) is 5.08. The Labute approximate surface area is 205 Å². The minimum atomic E-state index is -1.01. The summed E-state index contributed by atoms with van der Waals surface area (Å²) in [6, 6.07) is 16.2. The van der Waals surface area contributed by atoms with Crippen molar-refractivity contribution >= 4 is 52.9 Å². The van der Waals surface area contributed by atoms with Crippen molar-refractivity contribution < 1.29 is 23.9 Å². The van der Waals surface area contributed by atoms with Gasteiger partial charge in [-0.05, 0) is 60.5 Å². The minimum Gasteiger partial charge on any atom is -0.493 e. The lowest BCUT2D eigenvalue weighted by molar-refractivity contribution is -0.136. The molecule has 0 fully saturated rings. The Morgan fingerprint density at radius 2 is 1.71 bits per heavy atom. The van der Waals surface area contributed by atoms with Crippen LogP contribution in [0.15, 0.2) is 65.8 Å². The zero-order valence-corrected chi connectivity index (χ0v) is 19.6. The lowest BCUT2D eigenvalue weighted by atomic mass is 10.1.